The second kappa shape index (κ2) is 7.03. The van der Waals surface area contributed by atoms with Gasteiger partial charge in [0.25, 0.3) is 0 Å². The normalized spacial score (nSPS) is 12.6. The Hall–Kier alpha value is -1.91. The molecule has 0 fully saturated rings. The van der Waals surface area contributed by atoms with Crippen molar-refractivity contribution in [3.8, 4) is 0 Å². The predicted molar refractivity (Wildman–Crippen MR) is 76.0 cm³/mol. The largest absolute Gasteiger partial charge is 0.458 e. The van der Waals surface area contributed by atoms with E-state index in [0.29, 0.717) is 12.8 Å². The third-order valence-electron chi connectivity index (χ3n) is 2.53. The number of aromatic nitrogens is 1. The third-order valence-corrected chi connectivity index (χ3v) is 2.53. The van der Waals surface area contributed by atoms with E-state index in [4.69, 9.17) is 4.74 Å². The predicted octanol–water partition coefficient (Wildman–Crippen LogP) is 1.86. The minimum absolute atomic E-state index is 0.167. The monoisotopic (exact) mass is 278 g/mol. The first kappa shape index (κ1) is 16.1. The topological polar surface area (TPSA) is 68.3 Å². The quantitative estimate of drug-likeness (QED) is 0.835. The molecule has 0 radical (unpaired) electrons. The van der Waals surface area contributed by atoms with Crippen molar-refractivity contribution >= 4 is 11.9 Å². The first-order chi connectivity index (χ1) is 9.28. The van der Waals surface area contributed by atoms with Gasteiger partial charge < -0.3 is 10.1 Å². The highest BCUT2D eigenvalue weighted by molar-refractivity contribution is 5.84. The van der Waals surface area contributed by atoms with Crippen LogP contribution in [0, 0.1) is 0 Å². The smallest absolute Gasteiger partial charge is 0.328 e. The fourth-order valence-corrected chi connectivity index (χ4v) is 1.57. The number of esters is 1. The molecule has 5 heteroatoms. The molecule has 1 heterocycles. The molecule has 0 aliphatic carbocycles. The summed E-state index contributed by atoms with van der Waals surface area (Å²) in [5, 5.41) is 2.64. The molecule has 110 valence electrons. The fourth-order valence-electron chi connectivity index (χ4n) is 1.57. The fraction of sp³-hybridized carbons (Fsp3) is 0.533. The first-order valence-electron chi connectivity index (χ1n) is 6.69. The zero-order valence-corrected chi connectivity index (χ0v) is 12.5. The number of hydrogen-bond donors (Lipinski definition) is 1. The standard InChI is InChI=1S/C15H22N2O3/c1-11(14(19)20-15(2,3)4)17-13(18)6-5-12-7-9-16-10-8-12/h7-11H,5-6H2,1-4H3,(H,17,18)/t11-/m1/s1. The summed E-state index contributed by atoms with van der Waals surface area (Å²) in [6, 6.07) is 3.09. The second-order valence-corrected chi connectivity index (χ2v) is 5.68. The van der Waals surface area contributed by atoms with Crippen molar-refractivity contribution in [3.63, 3.8) is 0 Å². The highest BCUT2D eigenvalue weighted by Gasteiger charge is 2.22. The molecule has 20 heavy (non-hydrogen) atoms. The van der Waals surface area contributed by atoms with Crippen molar-refractivity contribution in [3.05, 3.63) is 30.1 Å². The van der Waals surface area contributed by atoms with Gasteiger partial charge in [-0.25, -0.2) is 4.79 Å². The lowest BCUT2D eigenvalue weighted by Gasteiger charge is -2.22. The van der Waals surface area contributed by atoms with E-state index in [1.165, 1.54) is 0 Å². The van der Waals surface area contributed by atoms with Crippen molar-refractivity contribution in [2.24, 2.45) is 0 Å². The van der Waals surface area contributed by atoms with Crippen LogP contribution in [-0.2, 0) is 20.7 Å². The Bertz CT molecular complexity index is 452. The number of nitrogens with one attached hydrogen (secondary N) is 1. The number of ether oxygens (including phenoxy) is 1. The lowest BCUT2D eigenvalue weighted by molar-refractivity contribution is -0.158. The number of nitrogens with zero attached hydrogens (tertiary/aromatic N) is 1. The summed E-state index contributed by atoms with van der Waals surface area (Å²) in [4.78, 5) is 27.4. The Morgan fingerprint density at radius 3 is 2.45 bits per heavy atom. The number of carbonyl (C=O) groups excluding carboxylic acids is 2. The van der Waals surface area contributed by atoms with Gasteiger partial charge >= 0.3 is 5.97 Å². The Kier molecular flexibility index (Phi) is 5.67. The first-order valence-corrected chi connectivity index (χ1v) is 6.69. The summed E-state index contributed by atoms with van der Waals surface area (Å²) in [6.45, 7) is 7.01. The van der Waals surface area contributed by atoms with Gasteiger partial charge in [-0.05, 0) is 51.8 Å². The van der Waals surface area contributed by atoms with Gasteiger partial charge in [0, 0.05) is 18.8 Å². The molecule has 0 saturated carbocycles. The summed E-state index contributed by atoms with van der Waals surface area (Å²) in [7, 11) is 0. The zero-order valence-electron chi connectivity index (χ0n) is 12.5. The molecule has 1 aromatic rings. The Balaban J connectivity index is 2.36. The molecule has 5 nitrogen and oxygen atoms in total. The Labute approximate surface area is 119 Å². The molecule has 1 aromatic heterocycles. The van der Waals surface area contributed by atoms with E-state index >= 15 is 0 Å². The Morgan fingerprint density at radius 1 is 1.30 bits per heavy atom. The van der Waals surface area contributed by atoms with Gasteiger partial charge in [-0.1, -0.05) is 0 Å². The number of hydrogen-bond acceptors (Lipinski definition) is 4. The Morgan fingerprint density at radius 2 is 1.90 bits per heavy atom. The van der Waals surface area contributed by atoms with Crippen LogP contribution in [0.25, 0.3) is 0 Å². The molecule has 0 aromatic carbocycles. The van der Waals surface area contributed by atoms with Gasteiger partial charge in [0.15, 0.2) is 0 Å². The van der Waals surface area contributed by atoms with Gasteiger partial charge in [-0.3, -0.25) is 9.78 Å². The van der Waals surface area contributed by atoms with Gasteiger partial charge in [0.1, 0.15) is 11.6 Å². The van der Waals surface area contributed by atoms with E-state index in [9.17, 15) is 9.59 Å². The van der Waals surface area contributed by atoms with Crippen LogP contribution in [0.3, 0.4) is 0 Å². The lowest BCUT2D eigenvalue weighted by Crippen LogP contribution is -2.42. The molecule has 1 amide bonds. The van der Waals surface area contributed by atoms with Crippen LogP contribution in [0.15, 0.2) is 24.5 Å². The van der Waals surface area contributed by atoms with Crippen molar-refractivity contribution in [1.82, 2.24) is 10.3 Å². The van der Waals surface area contributed by atoms with E-state index in [2.05, 4.69) is 10.3 Å². The number of rotatable bonds is 5. The van der Waals surface area contributed by atoms with Crippen LogP contribution in [-0.4, -0.2) is 28.5 Å². The maximum Gasteiger partial charge on any atom is 0.328 e. The van der Waals surface area contributed by atoms with Crippen LogP contribution in [0.1, 0.15) is 39.7 Å². The molecule has 1 atom stereocenters. The number of aryl methyl sites for hydroxylation is 1. The summed E-state index contributed by atoms with van der Waals surface area (Å²) < 4.78 is 5.20. The lowest BCUT2D eigenvalue weighted by atomic mass is 10.1. The van der Waals surface area contributed by atoms with Crippen LogP contribution < -0.4 is 5.32 Å². The van der Waals surface area contributed by atoms with Crippen LogP contribution >= 0.6 is 0 Å². The molecule has 1 N–H and O–H groups in total. The van der Waals surface area contributed by atoms with Gasteiger partial charge in [-0.15, -0.1) is 0 Å². The molecular formula is C15H22N2O3. The molecule has 0 aliphatic heterocycles. The highest BCUT2D eigenvalue weighted by Crippen LogP contribution is 2.08. The van der Waals surface area contributed by atoms with E-state index in [1.807, 2.05) is 12.1 Å². The van der Waals surface area contributed by atoms with E-state index in [-0.39, 0.29) is 5.91 Å². The summed E-state index contributed by atoms with van der Waals surface area (Å²) in [5.41, 5.74) is 0.493. The van der Waals surface area contributed by atoms with Crippen LogP contribution in [0.2, 0.25) is 0 Å². The van der Waals surface area contributed by atoms with Gasteiger partial charge in [-0.2, -0.15) is 0 Å². The average molecular weight is 278 g/mol. The number of pyridine rings is 1. The number of amides is 1. The van der Waals surface area contributed by atoms with Crippen molar-refractivity contribution in [2.75, 3.05) is 0 Å². The second-order valence-electron chi connectivity index (χ2n) is 5.68. The van der Waals surface area contributed by atoms with Crippen molar-refractivity contribution < 1.29 is 14.3 Å². The SMILES string of the molecule is C[C@@H](NC(=O)CCc1ccncc1)C(=O)OC(C)(C)C. The maximum atomic E-state index is 11.8. The molecule has 0 bridgehead atoms. The molecule has 0 aliphatic rings. The van der Waals surface area contributed by atoms with Crippen molar-refractivity contribution in [1.29, 1.82) is 0 Å². The molecule has 1 rings (SSSR count). The maximum absolute atomic E-state index is 11.8. The summed E-state index contributed by atoms with van der Waals surface area (Å²) >= 11 is 0. The van der Waals surface area contributed by atoms with Crippen molar-refractivity contribution in [2.45, 2.75) is 52.2 Å². The zero-order chi connectivity index (χ0) is 15.2. The van der Waals surface area contributed by atoms with E-state index in [1.54, 1.807) is 40.1 Å². The van der Waals surface area contributed by atoms with Crippen LogP contribution in [0.5, 0.6) is 0 Å². The van der Waals surface area contributed by atoms with Gasteiger partial charge in [0.2, 0.25) is 5.91 Å². The van der Waals surface area contributed by atoms with E-state index < -0.39 is 17.6 Å². The van der Waals surface area contributed by atoms with Crippen LogP contribution in [0.4, 0.5) is 0 Å². The molecule has 0 saturated heterocycles. The number of carbonyl (C=O) groups is 2. The minimum Gasteiger partial charge on any atom is -0.458 e. The minimum atomic E-state index is -0.640. The van der Waals surface area contributed by atoms with E-state index in [0.717, 1.165) is 5.56 Å². The average Bonchev–Trinajstić information content (AvgIpc) is 2.35. The molecular weight excluding hydrogens is 256 g/mol. The summed E-state index contributed by atoms with van der Waals surface area (Å²) in [5.74, 6) is -0.588. The molecule has 0 unspecified atom stereocenters. The molecule has 0 spiro atoms. The highest BCUT2D eigenvalue weighted by atomic mass is 16.6. The van der Waals surface area contributed by atoms with Gasteiger partial charge in [0.05, 0.1) is 0 Å². The third kappa shape index (κ3) is 6.31. The summed E-state index contributed by atoms with van der Waals surface area (Å²) in [6.07, 6.45) is 4.33.